The van der Waals surface area contributed by atoms with E-state index in [-0.39, 0.29) is 37.0 Å². The molecule has 15 heteroatoms. The normalized spacial score (nSPS) is 13.2. The van der Waals surface area contributed by atoms with E-state index in [2.05, 4.69) is 49.0 Å². The van der Waals surface area contributed by atoms with E-state index in [1.165, 1.54) is 6.20 Å². The largest absolute Gasteiger partial charge is 0.481 e. The Bertz CT molecular complexity index is 2450. The van der Waals surface area contributed by atoms with Crippen molar-refractivity contribution in [1.82, 2.24) is 40.1 Å². The third kappa shape index (κ3) is 9.43. The Kier molecular flexibility index (Phi) is 12.6. The molecule has 0 aromatic carbocycles. The lowest BCUT2D eigenvalue weighted by Gasteiger charge is -2.19. The fourth-order valence-electron chi connectivity index (χ4n) is 7.35. The van der Waals surface area contributed by atoms with Crippen molar-refractivity contribution in [2.75, 3.05) is 13.1 Å². The van der Waals surface area contributed by atoms with Crippen LogP contribution in [0.15, 0.2) is 47.8 Å². The fraction of sp³-hybridized carbons (Fsp3) is 0.381. The van der Waals surface area contributed by atoms with Gasteiger partial charge in [0.2, 0.25) is 11.8 Å². The Morgan fingerprint density at radius 1 is 0.825 bits per heavy atom. The van der Waals surface area contributed by atoms with E-state index in [0.717, 1.165) is 66.9 Å². The van der Waals surface area contributed by atoms with Gasteiger partial charge >= 0.3 is 5.97 Å². The van der Waals surface area contributed by atoms with Gasteiger partial charge in [-0.25, -0.2) is 15.0 Å². The van der Waals surface area contributed by atoms with Gasteiger partial charge in [0.25, 0.3) is 0 Å². The molecule has 8 bridgehead atoms. The van der Waals surface area contributed by atoms with Crippen LogP contribution >= 0.6 is 0 Å². The summed E-state index contributed by atoms with van der Waals surface area (Å²) < 4.78 is 1.62. The van der Waals surface area contributed by atoms with Crippen LogP contribution in [0.5, 0.6) is 0 Å². The number of H-pyrrole nitrogens is 2. The molecular formula is C42H50N10O5. The molecule has 0 aliphatic carbocycles. The predicted molar refractivity (Wildman–Crippen MR) is 222 cm³/mol. The zero-order chi connectivity index (χ0) is 40.8. The van der Waals surface area contributed by atoms with Crippen LogP contribution in [0.3, 0.4) is 0 Å². The molecule has 4 aromatic rings. The second-order valence-electron chi connectivity index (χ2n) is 14.7. The molecule has 0 saturated heterocycles. The van der Waals surface area contributed by atoms with Gasteiger partial charge in [0.15, 0.2) is 5.82 Å². The smallest absolute Gasteiger partial charge is 0.303 e. The van der Waals surface area contributed by atoms with Crippen LogP contribution in [0.1, 0.15) is 98.5 Å². The first-order chi connectivity index (χ1) is 27.3. The van der Waals surface area contributed by atoms with Gasteiger partial charge in [0.1, 0.15) is 11.9 Å². The summed E-state index contributed by atoms with van der Waals surface area (Å²) in [5.41, 5.74) is 17.8. The number of hydrogen-bond acceptors (Lipinski definition) is 9. The number of amides is 2. The fourth-order valence-corrected chi connectivity index (χ4v) is 7.35. The molecule has 2 aliphatic heterocycles. The number of nitroso groups, excluding NO2 is 1. The van der Waals surface area contributed by atoms with Gasteiger partial charge < -0.3 is 36.0 Å². The maximum absolute atomic E-state index is 13.6. The predicted octanol–water partition coefficient (Wildman–Crippen LogP) is 6.77. The summed E-state index contributed by atoms with van der Waals surface area (Å²) in [6.45, 7) is 10.8. The van der Waals surface area contributed by atoms with Crippen LogP contribution in [0.4, 0.5) is 5.82 Å². The van der Waals surface area contributed by atoms with Crippen LogP contribution in [-0.4, -0.2) is 71.5 Å². The van der Waals surface area contributed by atoms with Crippen LogP contribution < -0.4 is 16.4 Å². The minimum atomic E-state index is -0.898. The summed E-state index contributed by atoms with van der Waals surface area (Å²) in [5, 5.41) is 18.4. The number of allylic oxidation sites excluding steroid dienone is 4. The van der Waals surface area contributed by atoms with Crippen molar-refractivity contribution >= 4 is 68.0 Å². The molecule has 6 rings (SSSR count). The first kappa shape index (κ1) is 40.4. The highest BCUT2D eigenvalue weighted by atomic mass is 16.4. The molecule has 0 spiro atoms. The molecular weight excluding hydrogens is 725 g/mol. The SMILES string of the molecule is CC1=C(CCC(=O)O)c2cc3nc(cc4cc(C)c(cc5cc(C)c(cc1n2)[nH]5)[nH]4)C(C)=C3CCC(=O)NC(CCCCN)C(=O)NCCn1c(N=O)cnc1C. The first-order valence-electron chi connectivity index (χ1n) is 19.3. The van der Waals surface area contributed by atoms with Crippen molar-refractivity contribution in [3.05, 3.63) is 87.2 Å². The average Bonchev–Trinajstić information content (AvgIpc) is 3.95. The summed E-state index contributed by atoms with van der Waals surface area (Å²) in [6, 6.07) is 11.3. The maximum Gasteiger partial charge on any atom is 0.303 e. The summed E-state index contributed by atoms with van der Waals surface area (Å²) in [4.78, 5) is 71.1. The van der Waals surface area contributed by atoms with Crippen molar-refractivity contribution in [3.63, 3.8) is 0 Å². The maximum atomic E-state index is 13.6. The summed E-state index contributed by atoms with van der Waals surface area (Å²) in [5.74, 6) is -0.744. The lowest BCUT2D eigenvalue weighted by atomic mass is 9.98. The lowest BCUT2D eigenvalue weighted by molar-refractivity contribution is -0.136. The molecule has 57 heavy (non-hydrogen) atoms. The third-order valence-corrected chi connectivity index (χ3v) is 10.6. The second-order valence-corrected chi connectivity index (χ2v) is 14.7. The topological polar surface area (TPSA) is 226 Å². The molecule has 0 radical (unpaired) electrons. The van der Waals surface area contributed by atoms with Crippen molar-refractivity contribution in [2.24, 2.45) is 10.9 Å². The first-order valence-corrected chi connectivity index (χ1v) is 19.3. The number of carboxylic acid groups (broad SMARTS) is 1. The number of hydrogen-bond donors (Lipinski definition) is 6. The molecule has 6 heterocycles. The number of carbonyl (C=O) groups excluding carboxylic acids is 2. The standard InChI is InChI=1S/C42H50N10O5/c1-23-16-29-19-35-25(3)30(9-11-40(53)50-32(8-6-7-13-43)42(56)44-14-15-52-27(5)45-22-39(52)51-57)37(48-35)21-38-31(10-12-41(54)55)26(4)36(49-38)20-34-24(2)17-28(47-34)18-33(23)46-29/h16-22,32,46-47H,6-15,43H2,1-5H3,(H,44,56)(H,50,53)(H,54,55). The summed E-state index contributed by atoms with van der Waals surface area (Å²) in [6.07, 6.45) is 3.80. The highest BCUT2D eigenvalue weighted by Crippen LogP contribution is 2.37. The number of imidazole rings is 1. The lowest BCUT2D eigenvalue weighted by Crippen LogP contribution is -2.47. The number of unbranched alkanes of at least 4 members (excludes halogenated alkanes) is 1. The number of aryl methyl sites for hydroxylation is 3. The molecule has 4 aromatic heterocycles. The van der Waals surface area contributed by atoms with Crippen LogP contribution in [-0.2, 0) is 20.9 Å². The molecule has 2 amide bonds. The van der Waals surface area contributed by atoms with E-state index in [1.807, 2.05) is 45.9 Å². The van der Waals surface area contributed by atoms with E-state index < -0.39 is 12.0 Å². The molecule has 15 nitrogen and oxygen atoms in total. The molecule has 1 atom stereocenters. The van der Waals surface area contributed by atoms with Crippen molar-refractivity contribution in [3.8, 4) is 0 Å². The van der Waals surface area contributed by atoms with E-state index >= 15 is 0 Å². The monoisotopic (exact) mass is 774 g/mol. The van der Waals surface area contributed by atoms with Gasteiger partial charge in [-0.2, -0.15) is 0 Å². The number of fused-ring (bicyclic) bond motifs is 8. The number of aromatic nitrogens is 6. The number of carbonyl (C=O) groups is 3. The van der Waals surface area contributed by atoms with Gasteiger partial charge in [0, 0.05) is 48.0 Å². The Labute approximate surface area is 330 Å². The number of aromatic amines is 2. The summed E-state index contributed by atoms with van der Waals surface area (Å²) >= 11 is 0. The van der Waals surface area contributed by atoms with E-state index in [9.17, 15) is 24.4 Å². The zero-order valence-corrected chi connectivity index (χ0v) is 33.1. The van der Waals surface area contributed by atoms with Gasteiger partial charge in [-0.15, -0.1) is 4.91 Å². The molecule has 2 aliphatic rings. The van der Waals surface area contributed by atoms with Crippen molar-refractivity contribution in [1.29, 1.82) is 0 Å². The van der Waals surface area contributed by atoms with E-state index in [0.29, 0.717) is 62.4 Å². The van der Waals surface area contributed by atoms with Gasteiger partial charge in [-0.1, -0.05) is 0 Å². The van der Waals surface area contributed by atoms with Crippen LogP contribution in [0.2, 0.25) is 0 Å². The van der Waals surface area contributed by atoms with Crippen LogP contribution in [0, 0.1) is 25.7 Å². The number of nitrogens with one attached hydrogen (secondary N) is 4. The summed E-state index contributed by atoms with van der Waals surface area (Å²) in [7, 11) is 0. The Morgan fingerprint density at radius 2 is 1.44 bits per heavy atom. The zero-order valence-electron chi connectivity index (χ0n) is 33.1. The van der Waals surface area contributed by atoms with Crippen LogP contribution in [0.25, 0.3) is 44.4 Å². The molecule has 298 valence electrons. The molecule has 7 N–H and O–H groups in total. The Morgan fingerprint density at radius 3 is 2.07 bits per heavy atom. The van der Waals surface area contributed by atoms with E-state index in [4.69, 9.17) is 15.7 Å². The number of nitrogens with two attached hydrogens (primary N) is 1. The third-order valence-electron chi connectivity index (χ3n) is 10.6. The number of rotatable bonds is 16. The second kappa shape index (κ2) is 17.7. The van der Waals surface area contributed by atoms with E-state index in [1.54, 1.807) is 11.5 Å². The Balaban J connectivity index is 1.31. The van der Waals surface area contributed by atoms with Gasteiger partial charge in [-0.05, 0) is 148 Å². The highest BCUT2D eigenvalue weighted by molar-refractivity contribution is 5.97. The minimum absolute atomic E-state index is 0.0541. The number of carboxylic acids is 1. The minimum Gasteiger partial charge on any atom is -0.481 e. The number of nitrogens with zero attached hydrogens (tertiary/aromatic N) is 5. The quantitative estimate of drug-likeness (QED) is 0.0521. The molecule has 1 unspecified atom stereocenters. The molecule has 0 fully saturated rings. The van der Waals surface area contributed by atoms with Gasteiger partial charge in [0.05, 0.1) is 29.0 Å². The number of aliphatic carboxylic acids is 1. The Hall–Kier alpha value is -6.22. The van der Waals surface area contributed by atoms with Crippen molar-refractivity contribution < 1.29 is 19.5 Å². The highest BCUT2D eigenvalue weighted by Gasteiger charge is 2.24. The van der Waals surface area contributed by atoms with Gasteiger partial charge in [-0.3, -0.25) is 14.4 Å². The average molecular weight is 775 g/mol. The molecule has 0 saturated carbocycles. The van der Waals surface area contributed by atoms with Crippen molar-refractivity contribution in [2.45, 2.75) is 92.2 Å².